The summed E-state index contributed by atoms with van der Waals surface area (Å²) in [5, 5.41) is 1.24. The third-order valence-corrected chi connectivity index (χ3v) is 8.03. The Bertz CT molecular complexity index is 1520. The van der Waals surface area contributed by atoms with E-state index in [4.69, 9.17) is 4.74 Å². The number of para-hydroxylation sites is 1. The summed E-state index contributed by atoms with van der Waals surface area (Å²) in [6.45, 7) is 3.43. The number of aromatic amines is 1. The van der Waals surface area contributed by atoms with Crippen LogP contribution in [0.15, 0.2) is 60.9 Å². The fourth-order valence-electron chi connectivity index (χ4n) is 6.14. The molecule has 0 aliphatic carbocycles. The summed E-state index contributed by atoms with van der Waals surface area (Å²) in [5.74, 6) is 1.71. The van der Waals surface area contributed by atoms with Gasteiger partial charge in [-0.3, -0.25) is 4.79 Å². The summed E-state index contributed by atoms with van der Waals surface area (Å²) < 4.78 is 5.87. The second-order valence-electron chi connectivity index (χ2n) is 10.4. The molecule has 1 atom stereocenters. The molecule has 0 saturated carbocycles. The summed E-state index contributed by atoms with van der Waals surface area (Å²) in [5.41, 5.74) is 6.68. The van der Waals surface area contributed by atoms with Gasteiger partial charge in [-0.15, -0.1) is 0 Å². The number of nitrogens with one attached hydrogen (secondary N) is 1. The van der Waals surface area contributed by atoms with Crippen molar-refractivity contribution in [2.75, 3.05) is 31.1 Å². The van der Waals surface area contributed by atoms with Gasteiger partial charge in [0, 0.05) is 60.3 Å². The number of nitrogens with zero attached hydrogens (tertiary/aromatic N) is 4. The molecule has 7 rings (SSSR count). The first-order valence-corrected chi connectivity index (χ1v) is 13.7. The summed E-state index contributed by atoms with van der Waals surface area (Å²) in [6.07, 6.45) is 12.3. The Balaban J connectivity index is 1.21. The van der Waals surface area contributed by atoms with Gasteiger partial charge in [-0.25, -0.2) is 9.97 Å². The van der Waals surface area contributed by atoms with E-state index in [9.17, 15) is 4.79 Å². The molecule has 0 radical (unpaired) electrons. The highest BCUT2D eigenvalue weighted by Crippen LogP contribution is 2.40. The number of hydrogen-bond acceptors (Lipinski definition) is 5. The number of hydrogen-bond donors (Lipinski definition) is 1. The maximum absolute atomic E-state index is 13.7. The average molecular weight is 506 g/mol. The molecule has 1 fully saturated rings. The molecule has 3 aliphatic heterocycles. The standard InChI is InChI=1S/C31H31N5O2/c37-28(12-9-21-19-32-31(33-20-21)35-14-3-4-15-35)36-16-13-25-24-7-1-2-8-26(24)34-29(25)30(36)23-10-11-27-22(18-23)6-5-17-38-27/h1-2,7-12,18-20,30,34H,3-6,13-17H2/b12-9+/t30-/m1/s1. The minimum absolute atomic E-state index is 0.0168. The van der Waals surface area contributed by atoms with E-state index in [2.05, 4.69) is 62.3 Å². The van der Waals surface area contributed by atoms with Crippen molar-refractivity contribution in [3.05, 3.63) is 88.9 Å². The van der Waals surface area contributed by atoms with Gasteiger partial charge in [-0.2, -0.15) is 0 Å². The molecule has 4 aromatic rings. The van der Waals surface area contributed by atoms with Gasteiger partial charge in [0.2, 0.25) is 11.9 Å². The van der Waals surface area contributed by atoms with Crippen molar-refractivity contribution in [1.82, 2.24) is 19.9 Å². The van der Waals surface area contributed by atoms with Crippen LogP contribution in [0.2, 0.25) is 0 Å². The number of carbonyl (C=O) groups is 1. The number of H-pyrrole nitrogens is 1. The lowest BCUT2D eigenvalue weighted by atomic mass is 9.90. The van der Waals surface area contributed by atoms with Crippen LogP contribution in [0.5, 0.6) is 5.75 Å². The lowest BCUT2D eigenvalue weighted by Crippen LogP contribution is -2.39. The van der Waals surface area contributed by atoms with Crippen LogP contribution < -0.4 is 9.64 Å². The Hall–Kier alpha value is -4.13. The van der Waals surface area contributed by atoms with E-state index in [0.29, 0.717) is 6.54 Å². The molecular weight excluding hydrogens is 474 g/mol. The third kappa shape index (κ3) is 4.12. The van der Waals surface area contributed by atoms with Gasteiger partial charge in [0.05, 0.1) is 12.6 Å². The van der Waals surface area contributed by atoms with Gasteiger partial charge in [-0.05, 0) is 73.1 Å². The Morgan fingerprint density at radius 1 is 1.00 bits per heavy atom. The van der Waals surface area contributed by atoms with Crippen LogP contribution in [0.3, 0.4) is 0 Å². The fourth-order valence-corrected chi connectivity index (χ4v) is 6.14. The van der Waals surface area contributed by atoms with Crippen LogP contribution in [-0.2, 0) is 17.6 Å². The van der Waals surface area contributed by atoms with E-state index < -0.39 is 0 Å². The number of ether oxygens (including phenoxy) is 1. The van der Waals surface area contributed by atoms with Crippen LogP contribution in [-0.4, -0.2) is 52.0 Å². The second kappa shape index (κ2) is 9.63. The number of anilines is 1. The van der Waals surface area contributed by atoms with Crippen LogP contribution in [0, 0.1) is 0 Å². The minimum atomic E-state index is -0.190. The predicted molar refractivity (Wildman–Crippen MR) is 148 cm³/mol. The molecule has 2 aromatic heterocycles. The molecule has 1 saturated heterocycles. The predicted octanol–water partition coefficient (Wildman–Crippen LogP) is 5.07. The fraction of sp³-hybridized carbons (Fsp3) is 0.323. The third-order valence-electron chi connectivity index (χ3n) is 8.03. The number of carbonyl (C=O) groups excluding carboxylic acids is 1. The largest absolute Gasteiger partial charge is 0.493 e. The molecule has 1 amide bonds. The van der Waals surface area contributed by atoms with E-state index >= 15 is 0 Å². The number of aromatic nitrogens is 3. The van der Waals surface area contributed by atoms with Crippen molar-refractivity contribution < 1.29 is 9.53 Å². The number of benzene rings is 2. The average Bonchev–Trinajstić information content (AvgIpc) is 3.64. The monoisotopic (exact) mass is 505 g/mol. The molecule has 1 N–H and O–H groups in total. The van der Waals surface area contributed by atoms with Crippen molar-refractivity contribution in [3.8, 4) is 5.75 Å². The van der Waals surface area contributed by atoms with Crippen molar-refractivity contribution in [1.29, 1.82) is 0 Å². The highest BCUT2D eigenvalue weighted by Gasteiger charge is 2.34. The molecule has 0 spiro atoms. The van der Waals surface area contributed by atoms with Crippen molar-refractivity contribution >= 4 is 28.8 Å². The molecule has 192 valence electrons. The lowest BCUT2D eigenvalue weighted by molar-refractivity contribution is -0.128. The molecule has 0 unspecified atom stereocenters. The lowest BCUT2D eigenvalue weighted by Gasteiger charge is -2.36. The summed E-state index contributed by atoms with van der Waals surface area (Å²) in [7, 11) is 0. The van der Waals surface area contributed by atoms with Crippen molar-refractivity contribution in [2.45, 2.75) is 38.1 Å². The first kappa shape index (κ1) is 23.0. The van der Waals surface area contributed by atoms with Gasteiger partial charge in [-0.1, -0.05) is 24.3 Å². The Morgan fingerprint density at radius 2 is 1.84 bits per heavy atom. The van der Waals surface area contributed by atoms with E-state index in [-0.39, 0.29) is 11.9 Å². The van der Waals surface area contributed by atoms with Crippen LogP contribution >= 0.6 is 0 Å². The Labute approximate surface area is 222 Å². The zero-order valence-corrected chi connectivity index (χ0v) is 21.4. The first-order valence-electron chi connectivity index (χ1n) is 13.7. The Morgan fingerprint density at radius 3 is 2.71 bits per heavy atom. The van der Waals surface area contributed by atoms with Crippen molar-refractivity contribution in [3.63, 3.8) is 0 Å². The maximum atomic E-state index is 13.7. The molecule has 5 heterocycles. The van der Waals surface area contributed by atoms with E-state index in [0.717, 1.165) is 73.0 Å². The Kier molecular flexibility index (Phi) is 5.84. The number of rotatable bonds is 4. The zero-order chi connectivity index (χ0) is 25.5. The maximum Gasteiger partial charge on any atom is 0.247 e. The number of aryl methyl sites for hydroxylation is 1. The SMILES string of the molecule is O=C(/C=C/c1cnc(N2CCCC2)nc1)N1CCc2c([nH]c3ccccc23)[C@H]1c1ccc2c(c1)CCCO2. The summed E-state index contributed by atoms with van der Waals surface area (Å²) in [4.78, 5) is 30.6. The minimum Gasteiger partial charge on any atom is -0.493 e. The summed E-state index contributed by atoms with van der Waals surface area (Å²) >= 11 is 0. The van der Waals surface area contributed by atoms with Gasteiger partial charge in [0.25, 0.3) is 0 Å². The van der Waals surface area contributed by atoms with Crippen LogP contribution in [0.4, 0.5) is 5.95 Å². The van der Waals surface area contributed by atoms with E-state index in [1.54, 1.807) is 18.5 Å². The number of fused-ring (bicyclic) bond motifs is 4. The topological polar surface area (TPSA) is 74.4 Å². The second-order valence-corrected chi connectivity index (χ2v) is 10.4. The number of amides is 1. The molecule has 38 heavy (non-hydrogen) atoms. The van der Waals surface area contributed by atoms with Gasteiger partial charge < -0.3 is 19.5 Å². The van der Waals surface area contributed by atoms with Crippen LogP contribution in [0.25, 0.3) is 17.0 Å². The highest BCUT2D eigenvalue weighted by molar-refractivity contribution is 5.93. The molecule has 0 bridgehead atoms. The van der Waals surface area contributed by atoms with Crippen LogP contribution in [0.1, 0.15) is 53.3 Å². The smallest absolute Gasteiger partial charge is 0.247 e. The first-order chi connectivity index (χ1) is 18.7. The summed E-state index contributed by atoms with van der Waals surface area (Å²) in [6, 6.07) is 14.6. The zero-order valence-electron chi connectivity index (χ0n) is 21.4. The molecule has 7 heteroatoms. The van der Waals surface area contributed by atoms with Gasteiger partial charge in [0.15, 0.2) is 0 Å². The molecule has 2 aromatic carbocycles. The quantitative estimate of drug-likeness (QED) is 0.392. The van der Waals surface area contributed by atoms with Gasteiger partial charge in [0.1, 0.15) is 5.75 Å². The van der Waals surface area contributed by atoms with Gasteiger partial charge >= 0.3 is 0 Å². The molecule has 3 aliphatic rings. The molecular formula is C31H31N5O2. The highest BCUT2D eigenvalue weighted by atomic mass is 16.5. The van der Waals surface area contributed by atoms with E-state index in [1.165, 1.54) is 29.4 Å². The van der Waals surface area contributed by atoms with Crippen molar-refractivity contribution in [2.24, 2.45) is 0 Å². The van der Waals surface area contributed by atoms with E-state index in [1.807, 2.05) is 11.0 Å². The normalized spacial score (nSPS) is 19.0. The molecule has 7 nitrogen and oxygen atoms in total.